The Morgan fingerprint density at radius 3 is 2.56 bits per heavy atom. The molecular formula is C14H32NOPS. The van der Waals surface area contributed by atoms with Crippen molar-refractivity contribution in [3.8, 4) is 0 Å². The maximum absolute atomic E-state index is 10.9. The van der Waals surface area contributed by atoms with Crippen molar-refractivity contribution in [1.29, 1.82) is 0 Å². The first kappa shape index (κ1) is 16.8. The molecule has 0 radical (unpaired) electrons. The Bertz CT molecular complexity index is 236. The second-order valence-corrected chi connectivity index (χ2v) is 11.1. The van der Waals surface area contributed by atoms with Gasteiger partial charge in [-0.3, -0.25) is 0 Å². The summed E-state index contributed by atoms with van der Waals surface area (Å²) in [5.41, 5.74) is 0. The molecule has 0 aromatic carbocycles. The van der Waals surface area contributed by atoms with Crippen molar-refractivity contribution in [3.05, 3.63) is 0 Å². The predicted molar refractivity (Wildman–Crippen MR) is 88.4 cm³/mol. The number of nitrogens with one attached hydrogen (secondary N) is 1. The number of unbranched alkanes of at least 4 members (excludes halogenated alkanes) is 2. The van der Waals surface area contributed by atoms with E-state index in [0.717, 1.165) is 6.16 Å². The fourth-order valence-corrected chi connectivity index (χ4v) is 8.15. The summed E-state index contributed by atoms with van der Waals surface area (Å²) in [5, 5.41) is 4.35. The van der Waals surface area contributed by atoms with Gasteiger partial charge in [-0.25, -0.2) is 0 Å². The normalized spacial score (nSPS) is 30.4. The molecule has 1 aliphatic heterocycles. The van der Waals surface area contributed by atoms with Crippen molar-refractivity contribution in [3.63, 3.8) is 0 Å². The summed E-state index contributed by atoms with van der Waals surface area (Å²) in [6.07, 6.45) is 7.24. The molecular weight excluding hydrogens is 261 g/mol. The zero-order chi connectivity index (χ0) is 13.6. The minimum absolute atomic E-state index is 0.393. The van der Waals surface area contributed by atoms with Crippen LogP contribution >= 0.6 is 19.3 Å². The van der Waals surface area contributed by atoms with Gasteiger partial charge in [-0.1, -0.05) is 0 Å². The standard InChI is InChI=1S/C14H32NOPS/c1-5-7-9-13-14(15-12(3)11-18-13)17(4,16)10-8-6-2/h12-17H,5-11H2,1-4H3. The molecule has 0 aromatic rings. The van der Waals surface area contributed by atoms with Crippen molar-refractivity contribution in [2.75, 3.05) is 18.6 Å². The van der Waals surface area contributed by atoms with Crippen LogP contribution < -0.4 is 5.32 Å². The van der Waals surface area contributed by atoms with Crippen molar-refractivity contribution in [2.45, 2.75) is 70.0 Å². The molecule has 1 aliphatic rings. The van der Waals surface area contributed by atoms with E-state index in [1.165, 1.54) is 37.9 Å². The molecule has 0 aliphatic carbocycles. The van der Waals surface area contributed by atoms with E-state index in [-0.39, 0.29) is 0 Å². The van der Waals surface area contributed by atoms with Gasteiger partial charge < -0.3 is 0 Å². The molecule has 2 N–H and O–H groups in total. The van der Waals surface area contributed by atoms with Crippen molar-refractivity contribution < 1.29 is 4.89 Å². The van der Waals surface area contributed by atoms with E-state index in [4.69, 9.17) is 0 Å². The van der Waals surface area contributed by atoms with E-state index in [9.17, 15) is 4.89 Å². The summed E-state index contributed by atoms with van der Waals surface area (Å²) in [6, 6.07) is 0.554. The van der Waals surface area contributed by atoms with Crippen LogP contribution in [0.15, 0.2) is 0 Å². The minimum atomic E-state index is -2.11. The van der Waals surface area contributed by atoms with Gasteiger partial charge in [0, 0.05) is 0 Å². The van der Waals surface area contributed by atoms with Gasteiger partial charge in [0.15, 0.2) is 0 Å². The molecule has 1 fully saturated rings. The van der Waals surface area contributed by atoms with E-state index in [1.807, 2.05) is 0 Å². The Balaban J connectivity index is 2.64. The molecule has 2 nitrogen and oxygen atoms in total. The maximum atomic E-state index is 10.9. The quantitative estimate of drug-likeness (QED) is 0.702. The molecule has 1 saturated heterocycles. The molecule has 1 rings (SSSR count). The number of thioether (sulfide) groups is 1. The van der Waals surface area contributed by atoms with Crippen LogP contribution in [0.3, 0.4) is 0 Å². The van der Waals surface area contributed by atoms with Gasteiger partial charge in [-0.2, -0.15) is 0 Å². The molecule has 0 bridgehead atoms. The van der Waals surface area contributed by atoms with Gasteiger partial charge in [0.1, 0.15) is 0 Å². The molecule has 0 spiro atoms. The molecule has 1 heterocycles. The second kappa shape index (κ2) is 8.09. The predicted octanol–water partition coefficient (Wildman–Crippen LogP) is 3.68. The van der Waals surface area contributed by atoms with E-state index >= 15 is 0 Å². The molecule has 4 heteroatoms. The summed E-state index contributed by atoms with van der Waals surface area (Å²) >= 11 is 2.09. The van der Waals surface area contributed by atoms with Crippen LogP contribution in [0.1, 0.15) is 52.9 Å². The summed E-state index contributed by atoms with van der Waals surface area (Å²) in [6.45, 7) is 8.88. The molecule has 110 valence electrons. The molecule has 0 aromatic heterocycles. The van der Waals surface area contributed by atoms with E-state index in [0.29, 0.717) is 17.1 Å². The molecule has 0 amide bonds. The average molecular weight is 293 g/mol. The second-order valence-electron chi connectivity index (χ2n) is 6.02. The Labute approximate surface area is 118 Å². The molecule has 18 heavy (non-hydrogen) atoms. The molecule has 3 atom stereocenters. The van der Waals surface area contributed by atoms with Crippen LogP contribution in [0.4, 0.5) is 0 Å². The van der Waals surface area contributed by atoms with E-state index in [2.05, 4.69) is 44.5 Å². The van der Waals surface area contributed by atoms with Crippen LogP contribution in [0, 0.1) is 0 Å². The zero-order valence-electron chi connectivity index (χ0n) is 12.5. The third-order valence-electron chi connectivity index (χ3n) is 3.94. The van der Waals surface area contributed by atoms with Crippen LogP contribution in [0.5, 0.6) is 0 Å². The van der Waals surface area contributed by atoms with E-state index < -0.39 is 7.49 Å². The third-order valence-corrected chi connectivity index (χ3v) is 9.09. The van der Waals surface area contributed by atoms with Crippen LogP contribution in [-0.2, 0) is 0 Å². The summed E-state index contributed by atoms with van der Waals surface area (Å²) < 4.78 is 0. The van der Waals surface area contributed by atoms with Gasteiger partial charge in [0.05, 0.1) is 0 Å². The monoisotopic (exact) mass is 293 g/mol. The summed E-state index contributed by atoms with van der Waals surface area (Å²) in [4.78, 5) is 10.9. The van der Waals surface area contributed by atoms with Gasteiger partial charge >= 0.3 is 118 Å². The molecule has 3 unspecified atom stereocenters. The fourth-order valence-electron chi connectivity index (χ4n) is 2.75. The Kier molecular flexibility index (Phi) is 7.53. The van der Waals surface area contributed by atoms with Crippen molar-refractivity contribution in [2.24, 2.45) is 0 Å². The van der Waals surface area contributed by atoms with Crippen LogP contribution in [0.25, 0.3) is 0 Å². The Hall–Kier alpha value is 0.700. The van der Waals surface area contributed by atoms with Gasteiger partial charge in [-0.05, 0) is 0 Å². The number of hydrogen-bond donors (Lipinski definition) is 2. The Morgan fingerprint density at radius 1 is 1.28 bits per heavy atom. The van der Waals surface area contributed by atoms with Gasteiger partial charge in [-0.15, -0.1) is 0 Å². The summed E-state index contributed by atoms with van der Waals surface area (Å²) in [7, 11) is -2.11. The first-order valence-electron chi connectivity index (χ1n) is 7.61. The van der Waals surface area contributed by atoms with E-state index in [1.54, 1.807) is 0 Å². The first-order valence-corrected chi connectivity index (χ1v) is 11.4. The first-order chi connectivity index (χ1) is 8.51. The topological polar surface area (TPSA) is 32.3 Å². The summed E-state index contributed by atoms with van der Waals surface area (Å²) in [5.74, 6) is 1.59. The van der Waals surface area contributed by atoms with Gasteiger partial charge in [0.2, 0.25) is 0 Å². The van der Waals surface area contributed by atoms with Crippen LogP contribution in [0.2, 0.25) is 0 Å². The number of rotatable bonds is 7. The number of hydrogen-bond acceptors (Lipinski definition) is 3. The molecule has 0 saturated carbocycles. The van der Waals surface area contributed by atoms with Gasteiger partial charge in [0.25, 0.3) is 0 Å². The van der Waals surface area contributed by atoms with Crippen molar-refractivity contribution >= 4 is 19.3 Å². The zero-order valence-corrected chi connectivity index (χ0v) is 14.4. The fraction of sp³-hybridized carbons (Fsp3) is 1.00. The van der Waals surface area contributed by atoms with Crippen molar-refractivity contribution in [1.82, 2.24) is 5.32 Å². The average Bonchev–Trinajstić information content (AvgIpc) is 2.35. The Morgan fingerprint density at radius 2 is 1.94 bits per heavy atom. The van der Waals surface area contributed by atoms with Crippen LogP contribution in [-0.4, -0.2) is 40.5 Å². The SMILES string of the molecule is CCCCC1SCC(C)NC1[PH](C)(O)CCCC. The third kappa shape index (κ3) is 5.00.